The first-order valence-electron chi connectivity index (χ1n) is 9.04. The van der Waals surface area contributed by atoms with E-state index in [0.29, 0.717) is 17.0 Å². The number of aromatic nitrogens is 1. The van der Waals surface area contributed by atoms with E-state index in [2.05, 4.69) is 20.4 Å². The van der Waals surface area contributed by atoms with Crippen LogP contribution in [-0.2, 0) is 4.79 Å². The molecule has 1 aliphatic rings. The van der Waals surface area contributed by atoms with E-state index in [4.69, 9.17) is 4.74 Å². The van der Waals surface area contributed by atoms with Crippen LogP contribution in [0.15, 0.2) is 47.7 Å². The highest BCUT2D eigenvalue weighted by molar-refractivity contribution is 5.87. The molecule has 7 nitrogen and oxygen atoms in total. The van der Waals surface area contributed by atoms with Crippen molar-refractivity contribution in [2.75, 3.05) is 20.2 Å². The minimum Gasteiger partial charge on any atom is -0.504 e. The van der Waals surface area contributed by atoms with Gasteiger partial charge >= 0.3 is 0 Å². The number of likely N-dealkylation sites (tertiary alicyclic amines) is 1. The second-order valence-electron chi connectivity index (χ2n) is 6.39. The van der Waals surface area contributed by atoms with Crippen LogP contribution >= 0.6 is 0 Å². The minimum atomic E-state index is -0.484. The Hall–Kier alpha value is -2.93. The molecule has 142 valence electrons. The first-order chi connectivity index (χ1) is 13.2. The number of piperidine rings is 1. The van der Waals surface area contributed by atoms with Crippen LogP contribution in [0.4, 0.5) is 0 Å². The Morgan fingerprint density at radius 3 is 2.78 bits per heavy atom. The lowest BCUT2D eigenvalue weighted by atomic mass is 10.1. The Kier molecular flexibility index (Phi) is 6.38. The van der Waals surface area contributed by atoms with Crippen LogP contribution in [0.5, 0.6) is 11.5 Å². The van der Waals surface area contributed by atoms with Crippen LogP contribution in [0.1, 0.15) is 36.6 Å². The number of nitrogens with zero attached hydrogens (tertiary/aromatic N) is 3. The number of carbonyl (C=O) groups is 1. The van der Waals surface area contributed by atoms with Gasteiger partial charge in [-0.3, -0.25) is 14.7 Å². The number of hydrogen-bond acceptors (Lipinski definition) is 6. The number of phenolic OH excluding ortho intramolecular Hbond substituents is 1. The second-order valence-corrected chi connectivity index (χ2v) is 6.39. The zero-order chi connectivity index (χ0) is 19.1. The summed E-state index contributed by atoms with van der Waals surface area (Å²) in [4.78, 5) is 19.4. The minimum absolute atomic E-state index is 0.0182. The van der Waals surface area contributed by atoms with Crippen LogP contribution in [-0.4, -0.2) is 47.3 Å². The van der Waals surface area contributed by atoms with E-state index in [1.165, 1.54) is 19.7 Å². The molecule has 0 spiro atoms. The van der Waals surface area contributed by atoms with Gasteiger partial charge in [0.05, 0.1) is 19.0 Å². The van der Waals surface area contributed by atoms with Gasteiger partial charge in [0.25, 0.3) is 5.91 Å². The van der Waals surface area contributed by atoms with Gasteiger partial charge in [0, 0.05) is 11.8 Å². The summed E-state index contributed by atoms with van der Waals surface area (Å²) < 4.78 is 5.07. The summed E-state index contributed by atoms with van der Waals surface area (Å²) in [5.74, 6) is 0.0921. The third kappa shape index (κ3) is 4.62. The number of benzene rings is 1. The van der Waals surface area contributed by atoms with Gasteiger partial charge in [-0.25, -0.2) is 5.43 Å². The molecule has 2 aromatic rings. The highest BCUT2D eigenvalue weighted by atomic mass is 16.5. The molecule has 0 unspecified atom stereocenters. The van der Waals surface area contributed by atoms with E-state index in [0.717, 1.165) is 25.9 Å². The number of pyridine rings is 1. The van der Waals surface area contributed by atoms with Crippen molar-refractivity contribution in [1.82, 2.24) is 15.3 Å². The van der Waals surface area contributed by atoms with E-state index in [-0.39, 0.29) is 11.7 Å². The van der Waals surface area contributed by atoms with Crippen molar-refractivity contribution in [2.24, 2.45) is 5.10 Å². The van der Waals surface area contributed by atoms with Crippen molar-refractivity contribution >= 4 is 12.1 Å². The molecular weight excluding hydrogens is 344 g/mol. The van der Waals surface area contributed by atoms with Crippen molar-refractivity contribution in [3.63, 3.8) is 0 Å². The Balaban J connectivity index is 1.75. The number of rotatable bonds is 6. The molecule has 0 aliphatic carbocycles. The number of methoxy groups -OCH3 is 1. The average molecular weight is 368 g/mol. The molecule has 0 bridgehead atoms. The summed E-state index contributed by atoms with van der Waals surface area (Å²) >= 11 is 0. The zero-order valence-corrected chi connectivity index (χ0v) is 15.3. The van der Waals surface area contributed by atoms with E-state index in [1.807, 2.05) is 18.2 Å². The van der Waals surface area contributed by atoms with E-state index in [1.54, 1.807) is 24.4 Å². The molecule has 1 atom stereocenters. The van der Waals surface area contributed by atoms with Crippen molar-refractivity contribution in [2.45, 2.75) is 25.3 Å². The number of phenols is 1. The molecule has 0 saturated carbocycles. The third-order valence-corrected chi connectivity index (χ3v) is 4.60. The molecule has 0 radical (unpaired) electrons. The number of hydrazone groups is 1. The quantitative estimate of drug-likeness (QED) is 0.604. The SMILES string of the molecule is COc1cccc(/C=N\NC(=O)[C@H](c2ccccn2)N2CCCCC2)c1O. The molecule has 2 heterocycles. The van der Waals surface area contributed by atoms with Gasteiger partial charge in [0.15, 0.2) is 11.5 Å². The van der Waals surface area contributed by atoms with Crippen molar-refractivity contribution < 1.29 is 14.6 Å². The maximum Gasteiger partial charge on any atom is 0.263 e. The summed E-state index contributed by atoms with van der Waals surface area (Å²) in [7, 11) is 1.48. The van der Waals surface area contributed by atoms with Gasteiger partial charge < -0.3 is 9.84 Å². The fraction of sp³-hybridized carbons (Fsp3) is 0.350. The molecule has 1 fully saturated rings. The van der Waals surface area contributed by atoms with Crippen LogP contribution in [0.3, 0.4) is 0 Å². The van der Waals surface area contributed by atoms with Gasteiger partial charge in [-0.2, -0.15) is 5.10 Å². The smallest absolute Gasteiger partial charge is 0.263 e. The summed E-state index contributed by atoms with van der Waals surface area (Å²) in [5.41, 5.74) is 3.75. The van der Waals surface area contributed by atoms with Gasteiger partial charge in [0.2, 0.25) is 0 Å². The Labute approximate surface area is 158 Å². The molecule has 3 rings (SSSR count). The Morgan fingerprint density at radius 1 is 1.26 bits per heavy atom. The van der Waals surface area contributed by atoms with Gasteiger partial charge in [-0.05, 0) is 50.2 Å². The van der Waals surface area contributed by atoms with Crippen LogP contribution in [0, 0.1) is 0 Å². The molecule has 2 N–H and O–H groups in total. The van der Waals surface area contributed by atoms with Crippen molar-refractivity contribution in [1.29, 1.82) is 0 Å². The average Bonchev–Trinajstić information content (AvgIpc) is 2.71. The summed E-state index contributed by atoms with van der Waals surface area (Å²) in [6.45, 7) is 1.71. The first kappa shape index (κ1) is 18.8. The summed E-state index contributed by atoms with van der Waals surface area (Å²) in [6, 6.07) is 10.2. The lowest BCUT2D eigenvalue weighted by Crippen LogP contribution is -2.42. The van der Waals surface area contributed by atoms with Gasteiger partial charge in [-0.1, -0.05) is 18.6 Å². The van der Waals surface area contributed by atoms with E-state index < -0.39 is 6.04 Å². The van der Waals surface area contributed by atoms with Crippen molar-refractivity contribution in [3.8, 4) is 11.5 Å². The number of carbonyl (C=O) groups excluding carboxylic acids is 1. The lowest BCUT2D eigenvalue weighted by Gasteiger charge is -2.32. The van der Waals surface area contributed by atoms with E-state index >= 15 is 0 Å². The summed E-state index contributed by atoms with van der Waals surface area (Å²) in [6.07, 6.45) is 6.41. The number of amides is 1. The number of aromatic hydroxyl groups is 1. The molecule has 1 aliphatic heterocycles. The molecule has 27 heavy (non-hydrogen) atoms. The topological polar surface area (TPSA) is 87.0 Å². The molecule has 1 saturated heterocycles. The lowest BCUT2D eigenvalue weighted by molar-refractivity contribution is -0.127. The fourth-order valence-corrected chi connectivity index (χ4v) is 3.24. The van der Waals surface area contributed by atoms with E-state index in [9.17, 15) is 9.90 Å². The standard InChI is InChI=1S/C20H24N4O3/c1-27-17-10-7-8-15(19(17)25)14-22-23-20(26)18(16-9-3-4-11-21-16)24-12-5-2-6-13-24/h3-4,7-11,14,18,25H,2,5-6,12-13H2,1H3,(H,23,26)/b22-14-/t18-/m0/s1. The molecule has 1 aromatic heterocycles. The maximum atomic E-state index is 12.8. The number of ether oxygens (including phenoxy) is 1. The largest absolute Gasteiger partial charge is 0.504 e. The molecule has 1 aromatic carbocycles. The van der Waals surface area contributed by atoms with Gasteiger partial charge in [-0.15, -0.1) is 0 Å². The normalized spacial score (nSPS) is 16.2. The summed E-state index contributed by atoms with van der Waals surface area (Å²) in [5, 5.41) is 14.1. The van der Waals surface area contributed by atoms with Crippen LogP contribution in [0.2, 0.25) is 0 Å². The maximum absolute atomic E-state index is 12.8. The first-order valence-corrected chi connectivity index (χ1v) is 9.04. The van der Waals surface area contributed by atoms with Crippen molar-refractivity contribution in [3.05, 3.63) is 53.9 Å². The second kappa shape index (κ2) is 9.14. The predicted molar refractivity (Wildman–Crippen MR) is 103 cm³/mol. The highest BCUT2D eigenvalue weighted by Gasteiger charge is 2.29. The zero-order valence-electron chi connectivity index (χ0n) is 15.3. The number of para-hydroxylation sites is 1. The molecule has 7 heteroatoms. The number of nitrogens with one attached hydrogen (secondary N) is 1. The Morgan fingerprint density at radius 2 is 2.07 bits per heavy atom. The fourth-order valence-electron chi connectivity index (χ4n) is 3.24. The highest BCUT2D eigenvalue weighted by Crippen LogP contribution is 2.28. The van der Waals surface area contributed by atoms with Gasteiger partial charge in [0.1, 0.15) is 6.04 Å². The number of hydrogen-bond donors (Lipinski definition) is 2. The molecular formula is C20H24N4O3. The third-order valence-electron chi connectivity index (χ3n) is 4.60. The predicted octanol–water partition coefficient (Wildman–Crippen LogP) is 2.47. The van der Waals surface area contributed by atoms with Crippen LogP contribution < -0.4 is 10.2 Å². The monoisotopic (exact) mass is 368 g/mol. The Bertz CT molecular complexity index is 789. The van der Waals surface area contributed by atoms with Crippen LogP contribution in [0.25, 0.3) is 0 Å². The molecule has 1 amide bonds.